The second-order valence-corrected chi connectivity index (χ2v) is 5.83. The van der Waals surface area contributed by atoms with Crippen molar-refractivity contribution in [3.8, 4) is 0 Å². The van der Waals surface area contributed by atoms with Gasteiger partial charge in [0.2, 0.25) is 0 Å². The standard InChI is InChI=1S/C14H19ClN2/c15-12-1-3-13(4-2-12)17-9-6-14(7-10-17)5-8-16-11-14/h1-4,16H,5-11H2. The van der Waals surface area contributed by atoms with Gasteiger partial charge in [-0.3, -0.25) is 0 Å². The molecule has 1 aromatic rings. The zero-order valence-corrected chi connectivity index (χ0v) is 10.8. The van der Waals surface area contributed by atoms with Crippen LogP contribution in [0.3, 0.4) is 0 Å². The third-order valence-electron chi connectivity index (χ3n) is 4.35. The number of halogens is 1. The molecule has 0 atom stereocenters. The predicted molar refractivity (Wildman–Crippen MR) is 72.8 cm³/mol. The monoisotopic (exact) mass is 250 g/mol. The van der Waals surface area contributed by atoms with Gasteiger partial charge in [-0.15, -0.1) is 0 Å². The maximum absolute atomic E-state index is 5.92. The molecule has 0 aromatic heterocycles. The Balaban J connectivity index is 1.66. The Hall–Kier alpha value is -0.730. The molecule has 3 rings (SSSR count). The summed E-state index contributed by atoms with van der Waals surface area (Å²) in [5.41, 5.74) is 1.92. The molecule has 0 aliphatic carbocycles. The summed E-state index contributed by atoms with van der Waals surface area (Å²) >= 11 is 5.92. The van der Waals surface area contributed by atoms with Gasteiger partial charge in [-0.2, -0.15) is 0 Å². The van der Waals surface area contributed by atoms with Crippen LogP contribution in [0.5, 0.6) is 0 Å². The first-order chi connectivity index (χ1) is 8.27. The summed E-state index contributed by atoms with van der Waals surface area (Å²) in [5, 5.41) is 4.33. The van der Waals surface area contributed by atoms with Gasteiger partial charge in [0.25, 0.3) is 0 Å². The molecule has 2 aliphatic rings. The van der Waals surface area contributed by atoms with Gasteiger partial charge in [0.05, 0.1) is 0 Å². The van der Waals surface area contributed by atoms with Gasteiger partial charge in [-0.25, -0.2) is 0 Å². The molecule has 0 radical (unpaired) electrons. The van der Waals surface area contributed by atoms with E-state index in [1.54, 1.807) is 0 Å². The van der Waals surface area contributed by atoms with E-state index in [-0.39, 0.29) is 0 Å². The molecule has 2 fully saturated rings. The fourth-order valence-corrected chi connectivity index (χ4v) is 3.24. The SMILES string of the molecule is Clc1ccc(N2CCC3(CCNC3)CC2)cc1. The Kier molecular flexibility index (Phi) is 3.01. The lowest BCUT2D eigenvalue weighted by Crippen LogP contribution is -2.41. The molecule has 2 heterocycles. The normalized spacial score (nSPS) is 23.2. The number of anilines is 1. The van der Waals surface area contributed by atoms with Crippen LogP contribution in [-0.2, 0) is 0 Å². The van der Waals surface area contributed by atoms with E-state index in [0.29, 0.717) is 5.41 Å². The van der Waals surface area contributed by atoms with E-state index in [0.717, 1.165) is 5.02 Å². The quantitative estimate of drug-likeness (QED) is 0.825. The topological polar surface area (TPSA) is 15.3 Å². The first-order valence-corrected chi connectivity index (χ1v) is 6.87. The van der Waals surface area contributed by atoms with Crippen LogP contribution in [-0.4, -0.2) is 26.2 Å². The lowest BCUT2D eigenvalue weighted by atomic mass is 9.78. The summed E-state index contributed by atoms with van der Waals surface area (Å²) in [6, 6.07) is 8.23. The average Bonchev–Trinajstić information content (AvgIpc) is 2.80. The summed E-state index contributed by atoms with van der Waals surface area (Å²) in [5.74, 6) is 0. The molecule has 17 heavy (non-hydrogen) atoms. The van der Waals surface area contributed by atoms with Gasteiger partial charge < -0.3 is 10.2 Å². The van der Waals surface area contributed by atoms with E-state index < -0.39 is 0 Å². The van der Waals surface area contributed by atoms with Crippen LogP contribution in [0.4, 0.5) is 5.69 Å². The molecular weight excluding hydrogens is 232 g/mol. The maximum atomic E-state index is 5.92. The highest BCUT2D eigenvalue weighted by atomic mass is 35.5. The number of rotatable bonds is 1. The molecule has 2 nitrogen and oxygen atoms in total. The molecule has 1 N–H and O–H groups in total. The smallest absolute Gasteiger partial charge is 0.0407 e. The Morgan fingerprint density at radius 3 is 2.35 bits per heavy atom. The second kappa shape index (κ2) is 4.51. The molecule has 2 aliphatic heterocycles. The Morgan fingerprint density at radius 2 is 1.76 bits per heavy atom. The van der Waals surface area contributed by atoms with Crippen molar-refractivity contribution < 1.29 is 0 Å². The van der Waals surface area contributed by atoms with Crippen LogP contribution in [0.2, 0.25) is 5.02 Å². The number of piperidine rings is 1. The van der Waals surface area contributed by atoms with Crippen LogP contribution in [0.15, 0.2) is 24.3 Å². The van der Waals surface area contributed by atoms with Crippen LogP contribution in [0.1, 0.15) is 19.3 Å². The number of nitrogens with one attached hydrogen (secondary N) is 1. The average molecular weight is 251 g/mol. The third-order valence-corrected chi connectivity index (χ3v) is 4.60. The molecule has 92 valence electrons. The first kappa shape index (κ1) is 11.4. The zero-order valence-electron chi connectivity index (χ0n) is 10.1. The Bertz CT molecular complexity index is 372. The maximum Gasteiger partial charge on any atom is 0.0407 e. The molecule has 0 saturated carbocycles. The minimum absolute atomic E-state index is 0.600. The molecule has 1 aromatic carbocycles. The summed E-state index contributed by atoms with van der Waals surface area (Å²) in [7, 11) is 0. The van der Waals surface area contributed by atoms with Crippen LogP contribution in [0.25, 0.3) is 0 Å². The molecule has 0 amide bonds. The van der Waals surface area contributed by atoms with E-state index in [9.17, 15) is 0 Å². The summed E-state index contributed by atoms with van der Waals surface area (Å²) in [4.78, 5) is 2.49. The predicted octanol–water partition coefficient (Wildman–Crippen LogP) is 2.92. The summed E-state index contributed by atoms with van der Waals surface area (Å²) < 4.78 is 0. The van der Waals surface area contributed by atoms with Gasteiger partial charge in [0.1, 0.15) is 0 Å². The van der Waals surface area contributed by atoms with Crippen molar-refractivity contribution in [2.45, 2.75) is 19.3 Å². The largest absolute Gasteiger partial charge is 0.371 e. The third kappa shape index (κ3) is 2.29. The van der Waals surface area contributed by atoms with E-state index in [2.05, 4.69) is 22.3 Å². The van der Waals surface area contributed by atoms with Crippen molar-refractivity contribution in [1.29, 1.82) is 0 Å². The molecule has 0 unspecified atom stereocenters. The van der Waals surface area contributed by atoms with E-state index >= 15 is 0 Å². The van der Waals surface area contributed by atoms with Crippen LogP contribution in [0, 0.1) is 5.41 Å². The number of nitrogens with zero attached hydrogens (tertiary/aromatic N) is 1. The van der Waals surface area contributed by atoms with Crippen molar-refractivity contribution in [2.75, 3.05) is 31.1 Å². The highest BCUT2D eigenvalue weighted by Gasteiger charge is 2.36. The highest BCUT2D eigenvalue weighted by molar-refractivity contribution is 6.30. The molecule has 2 saturated heterocycles. The van der Waals surface area contributed by atoms with Crippen molar-refractivity contribution >= 4 is 17.3 Å². The van der Waals surface area contributed by atoms with E-state index in [4.69, 9.17) is 11.6 Å². The van der Waals surface area contributed by atoms with Crippen molar-refractivity contribution in [3.63, 3.8) is 0 Å². The fraction of sp³-hybridized carbons (Fsp3) is 0.571. The lowest BCUT2D eigenvalue weighted by molar-refractivity contribution is 0.247. The fourth-order valence-electron chi connectivity index (χ4n) is 3.11. The zero-order chi connectivity index (χ0) is 11.7. The van der Waals surface area contributed by atoms with Gasteiger partial charge >= 0.3 is 0 Å². The highest BCUT2D eigenvalue weighted by Crippen LogP contribution is 2.38. The Labute approximate surface area is 108 Å². The number of benzene rings is 1. The van der Waals surface area contributed by atoms with Crippen LogP contribution >= 0.6 is 11.6 Å². The van der Waals surface area contributed by atoms with Crippen molar-refractivity contribution in [2.24, 2.45) is 5.41 Å². The van der Waals surface area contributed by atoms with Gasteiger partial charge in [0.15, 0.2) is 0 Å². The van der Waals surface area contributed by atoms with Crippen molar-refractivity contribution in [1.82, 2.24) is 5.32 Å². The van der Waals surface area contributed by atoms with Crippen LogP contribution < -0.4 is 10.2 Å². The number of hydrogen-bond acceptors (Lipinski definition) is 2. The Morgan fingerprint density at radius 1 is 1.06 bits per heavy atom. The lowest BCUT2D eigenvalue weighted by Gasteiger charge is -2.40. The molecule has 3 heteroatoms. The molecular formula is C14H19ClN2. The van der Waals surface area contributed by atoms with Gasteiger partial charge in [-0.1, -0.05) is 11.6 Å². The number of hydrogen-bond donors (Lipinski definition) is 1. The van der Waals surface area contributed by atoms with E-state index in [1.165, 1.54) is 51.1 Å². The van der Waals surface area contributed by atoms with Gasteiger partial charge in [-0.05, 0) is 55.5 Å². The molecule has 1 spiro atoms. The van der Waals surface area contributed by atoms with E-state index in [1.807, 2.05) is 12.1 Å². The van der Waals surface area contributed by atoms with Crippen molar-refractivity contribution in [3.05, 3.63) is 29.3 Å². The summed E-state index contributed by atoms with van der Waals surface area (Å²) in [6.45, 7) is 4.80. The second-order valence-electron chi connectivity index (χ2n) is 5.39. The van der Waals surface area contributed by atoms with Gasteiger partial charge in [0, 0.05) is 30.3 Å². The summed E-state index contributed by atoms with van der Waals surface area (Å²) in [6.07, 6.45) is 4.01. The minimum Gasteiger partial charge on any atom is -0.371 e. The first-order valence-electron chi connectivity index (χ1n) is 6.49. The molecule has 0 bridgehead atoms. The minimum atomic E-state index is 0.600.